The predicted octanol–water partition coefficient (Wildman–Crippen LogP) is 2.27. The second-order valence-electron chi connectivity index (χ2n) is 3.86. The molecule has 0 fully saturated rings. The number of hydrogen-bond acceptors (Lipinski definition) is 5. The van der Waals surface area contributed by atoms with Gasteiger partial charge in [0, 0.05) is 5.38 Å². The highest BCUT2D eigenvalue weighted by Gasteiger charge is 2.12. The van der Waals surface area contributed by atoms with Crippen LogP contribution in [0.4, 0.5) is 0 Å². The molecule has 19 heavy (non-hydrogen) atoms. The summed E-state index contributed by atoms with van der Waals surface area (Å²) in [5, 5.41) is 11.6. The first kappa shape index (κ1) is 12.1. The van der Waals surface area contributed by atoms with Crippen LogP contribution < -0.4 is 5.56 Å². The molecule has 3 rings (SSSR count). The molecule has 5 nitrogen and oxygen atoms in total. The summed E-state index contributed by atoms with van der Waals surface area (Å²) in [6.45, 7) is 0.316. The van der Waals surface area contributed by atoms with E-state index in [1.807, 2.05) is 18.2 Å². The molecule has 0 bridgehead atoms. The standard InChI is InChI=1S/C12H8N2O3S2/c15-11-7-3-1-2-4-9(7)19-14(11)5-10-13-8(6-18-10)12(16)17/h1-4,6H,5H2,(H,16,17). The van der Waals surface area contributed by atoms with Crippen LogP contribution in [0.5, 0.6) is 0 Å². The number of benzene rings is 1. The van der Waals surface area contributed by atoms with Gasteiger partial charge in [-0.15, -0.1) is 11.3 Å². The maximum atomic E-state index is 12.1. The van der Waals surface area contributed by atoms with Crippen molar-refractivity contribution < 1.29 is 9.90 Å². The van der Waals surface area contributed by atoms with Crippen LogP contribution in [0.2, 0.25) is 0 Å². The van der Waals surface area contributed by atoms with Gasteiger partial charge in [-0.2, -0.15) is 0 Å². The highest BCUT2D eigenvalue weighted by molar-refractivity contribution is 7.14. The van der Waals surface area contributed by atoms with Crippen molar-refractivity contribution in [2.24, 2.45) is 0 Å². The van der Waals surface area contributed by atoms with Crippen LogP contribution in [0, 0.1) is 0 Å². The summed E-state index contributed by atoms with van der Waals surface area (Å²) in [7, 11) is 0. The highest BCUT2D eigenvalue weighted by atomic mass is 32.1. The van der Waals surface area contributed by atoms with E-state index in [9.17, 15) is 9.59 Å². The van der Waals surface area contributed by atoms with Crippen molar-refractivity contribution in [1.82, 2.24) is 8.94 Å². The van der Waals surface area contributed by atoms with Crippen LogP contribution in [0.3, 0.4) is 0 Å². The van der Waals surface area contributed by atoms with Crippen molar-refractivity contribution in [3.63, 3.8) is 0 Å². The molecule has 0 spiro atoms. The van der Waals surface area contributed by atoms with Crippen LogP contribution in [-0.4, -0.2) is 20.0 Å². The van der Waals surface area contributed by atoms with E-state index in [0.29, 0.717) is 16.9 Å². The zero-order chi connectivity index (χ0) is 13.4. The summed E-state index contributed by atoms with van der Waals surface area (Å²) in [5.41, 5.74) is -0.0400. The Bertz CT molecular complexity index is 816. The van der Waals surface area contributed by atoms with Gasteiger partial charge in [0.05, 0.1) is 16.6 Å². The highest BCUT2D eigenvalue weighted by Crippen LogP contribution is 2.18. The van der Waals surface area contributed by atoms with Crippen molar-refractivity contribution in [1.29, 1.82) is 0 Å². The summed E-state index contributed by atoms with van der Waals surface area (Å²) >= 11 is 2.61. The Morgan fingerprint density at radius 3 is 2.84 bits per heavy atom. The van der Waals surface area contributed by atoms with E-state index >= 15 is 0 Å². The molecular weight excluding hydrogens is 284 g/mol. The number of nitrogens with zero attached hydrogens (tertiary/aromatic N) is 2. The Morgan fingerprint density at radius 2 is 2.16 bits per heavy atom. The van der Waals surface area contributed by atoms with Crippen molar-refractivity contribution >= 4 is 38.9 Å². The molecule has 0 saturated carbocycles. The third-order valence-corrected chi connectivity index (χ3v) is 4.50. The molecule has 3 aromatic rings. The third kappa shape index (κ3) is 2.18. The van der Waals surface area contributed by atoms with Gasteiger partial charge in [0.15, 0.2) is 5.69 Å². The molecule has 0 amide bonds. The minimum absolute atomic E-state index is 0.0224. The molecule has 0 atom stereocenters. The fourth-order valence-electron chi connectivity index (χ4n) is 1.73. The largest absolute Gasteiger partial charge is 0.476 e. The Hall–Kier alpha value is -1.99. The molecule has 2 heterocycles. The quantitative estimate of drug-likeness (QED) is 0.803. The van der Waals surface area contributed by atoms with Crippen LogP contribution >= 0.6 is 22.9 Å². The summed E-state index contributed by atoms with van der Waals surface area (Å²) in [6, 6.07) is 7.39. The summed E-state index contributed by atoms with van der Waals surface area (Å²) < 4.78 is 2.51. The smallest absolute Gasteiger partial charge is 0.355 e. The Balaban J connectivity index is 1.98. The van der Waals surface area contributed by atoms with Gasteiger partial charge in [0.2, 0.25) is 0 Å². The lowest BCUT2D eigenvalue weighted by atomic mass is 10.3. The molecule has 96 valence electrons. The number of aromatic nitrogens is 2. The van der Waals surface area contributed by atoms with E-state index in [1.54, 1.807) is 10.0 Å². The van der Waals surface area contributed by atoms with E-state index < -0.39 is 5.97 Å². The molecule has 0 aliphatic heterocycles. The van der Waals surface area contributed by atoms with Gasteiger partial charge in [-0.1, -0.05) is 23.7 Å². The summed E-state index contributed by atoms with van der Waals surface area (Å²) in [6.07, 6.45) is 0. The zero-order valence-corrected chi connectivity index (χ0v) is 11.2. The lowest BCUT2D eigenvalue weighted by molar-refractivity contribution is 0.0691. The van der Waals surface area contributed by atoms with Gasteiger partial charge in [-0.25, -0.2) is 9.78 Å². The Morgan fingerprint density at radius 1 is 1.37 bits per heavy atom. The van der Waals surface area contributed by atoms with Gasteiger partial charge in [0.25, 0.3) is 5.56 Å². The second kappa shape index (κ2) is 4.60. The van der Waals surface area contributed by atoms with E-state index in [4.69, 9.17) is 5.11 Å². The van der Waals surface area contributed by atoms with Crippen LogP contribution in [-0.2, 0) is 6.54 Å². The lowest BCUT2D eigenvalue weighted by Crippen LogP contribution is -2.13. The fourth-order valence-corrected chi connectivity index (χ4v) is 3.56. The number of aromatic carboxylic acids is 1. The average Bonchev–Trinajstić information content (AvgIpc) is 2.97. The normalized spacial score (nSPS) is 10.9. The SMILES string of the molecule is O=C(O)c1csc(Cn2sc3ccccc3c2=O)n1. The van der Waals surface area contributed by atoms with Crippen LogP contribution in [0.1, 0.15) is 15.5 Å². The lowest BCUT2D eigenvalue weighted by Gasteiger charge is -1.94. The van der Waals surface area contributed by atoms with Crippen molar-refractivity contribution in [2.45, 2.75) is 6.54 Å². The number of carboxylic acids is 1. The summed E-state index contributed by atoms with van der Waals surface area (Å²) in [5.74, 6) is -1.05. The number of hydrogen-bond donors (Lipinski definition) is 1. The molecule has 2 aromatic heterocycles. The zero-order valence-electron chi connectivity index (χ0n) is 9.57. The Labute approximate surface area is 115 Å². The molecular formula is C12H8N2O3S2. The van der Waals surface area contributed by atoms with E-state index in [-0.39, 0.29) is 11.3 Å². The van der Waals surface area contributed by atoms with Crippen LogP contribution in [0.25, 0.3) is 10.1 Å². The fraction of sp³-hybridized carbons (Fsp3) is 0.0833. The van der Waals surface area contributed by atoms with Gasteiger partial charge < -0.3 is 5.11 Å². The first-order valence-electron chi connectivity index (χ1n) is 5.42. The second-order valence-corrected chi connectivity index (χ2v) is 5.87. The molecule has 0 unspecified atom stereocenters. The molecule has 7 heteroatoms. The third-order valence-electron chi connectivity index (χ3n) is 2.60. The maximum absolute atomic E-state index is 12.1. The Kier molecular flexibility index (Phi) is 2.92. The molecule has 0 radical (unpaired) electrons. The maximum Gasteiger partial charge on any atom is 0.355 e. The monoisotopic (exact) mass is 292 g/mol. The summed E-state index contributed by atoms with van der Waals surface area (Å²) in [4.78, 5) is 26.8. The topological polar surface area (TPSA) is 72.2 Å². The number of carbonyl (C=O) groups is 1. The van der Waals surface area contributed by atoms with Gasteiger partial charge >= 0.3 is 5.97 Å². The predicted molar refractivity (Wildman–Crippen MR) is 74.3 cm³/mol. The minimum Gasteiger partial charge on any atom is -0.476 e. The number of carboxylic acid groups (broad SMARTS) is 1. The van der Waals surface area contributed by atoms with Crippen molar-refractivity contribution in [2.75, 3.05) is 0 Å². The molecule has 1 N–H and O–H groups in total. The molecule has 0 saturated heterocycles. The van der Waals surface area contributed by atoms with Gasteiger partial charge in [-0.3, -0.25) is 8.75 Å². The minimum atomic E-state index is -1.05. The number of rotatable bonds is 3. The number of thiazole rings is 1. The van der Waals surface area contributed by atoms with Gasteiger partial charge in [0.1, 0.15) is 5.01 Å². The van der Waals surface area contributed by atoms with E-state index in [0.717, 1.165) is 4.70 Å². The number of fused-ring (bicyclic) bond motifs is 1. The van der Waals surface area contributed by atoms with Gasteiger partial charge in [-0.05, 0) is 12.1 Å². The first-order chi connectivity index (χ1) is 9.15. The first-order valence-corrected chi connectivity index (χ1v) is 7.07. The van der Waals surface area contributed by atoms with Crippen LogP contribution in [0.15, 0.2) is 34.4 Å². The van der Waals surface area contributed by atoms with E-state index in [2.05, 4.69) is 4.98 Å². The molecule has 1 aromatic carbocycles. The molecule has 0 aliphatic carbocycles. The molecule has 0 aliphatic rings. The average molecular weight is 292 g/mol. The van der Waals surface area contributed by atoms with E-state index in [1.165, 1.54) is 28.2 Å². The van der Waals surface area contributed by atoms with Crippen molar-refractivity contribution in [3.05, 3.63) is 50.7 Å². The van der Waals surface area contributed by atoms with Crippen molar-refractivity contribution in [3.8, 4) is 0 Å².